The normalized spacial score (nSPS) is 12.1. The zero-order valence-electron chi connectivity index (χ0n) is 39.5. The molecule has 0 N–H and O–H groups in total. The summed E-state index contributed by atoms with van der Waals surface area (Å²) in [6, 6.07) is 0. The van der Waals surface area contributed by atoms with Crippen LogP contribution in [0.3, 0.4) is 0 Å². The molecule has 0 heterocycles. The van der Waals surface area contributed by atoms with Gasteiger partial charge in [-0.15, -0.1) is 0 Å². The number of ether oxygens (including phenoxy) is 3. The van der Waals surface area contributed by atoms with Crippen molar-refractivity contribution >= 4 is 17.9 Å². The summed E-state index contributed by atoms with van der Waals surface area (Å²) < 4.78 is 16.8. The summed E-state index contributed by atoms with van der Waals surface area (Å²) in [6.07, 6.45) is 54.5. The van der Waals surface area contributed by atoms with Gasteiger partial charge in [0.25, 0.3) is 0 Å². The Morgan fingerprint density at radius 3 is 0.898 bits per heavy atom. The van der Waals surface area contributed by atoms with Crippen LogP contribution >= 0.6 is 0 Å². The van der Waals surface area contributed by atoms with Gasteiger partial charge in [0, 0.05) is 19.3 Å². The molecular weight excluding hydrogens is 733 g/mol. The molecule has 0 aliphatic heterocycles. The van der Waals surface area contributed by atoms with Crippen LogP contribution in [-0.2, 0) is 28.6 Å². The molecule has 1 unspecified atom stereocenters. The fraction of sp³-hybridized carbons (Fsp3) is 0.868. The Bertz CT molecular complexity index is 958. The molecule has 0 fully saturated rings. The fourth-order valence-corrected chi connectivity index (χ4v) is 7.48. The van der Waals surface area contributed by atoms with Crippen LogP contribution < -0.4 is 0 Å². The van der Waals surface area contributed by atoms with Crippen LogP contribution in [-0.4, -0.2) is 37.2 Å². The van der Waals surface area contributed by atoms with Crippen molar-refractivity contribution in [2.45, 2.75) is 284 Å². The molecule has 0 aliphatic carbocycles. The van der Waals surface area contributed by atoms with Crippen molar-refractivity contribution in [3.8, 4) is 0 Å². The van der Waals surface area contributed by atoms with Crippen molar-refractivity contribution in [3.05, 3.63) is 24.3 Å². The zero-order valence-corrected chi connectivity index (χ0v) is 39.5. The van der Waals surface area contributed by atoms with Gasteiger partial charge in [-0.05, 0) is 64.2 Å². The first-order valence-electron chi connectivity index (χ1n) is 25.8. The van der Waals surface area contributed by atoms with Crippen molar-refractivity contribution in [1.82, 2.24) is 0 Å². The molecule has 0 spiro atoms. The van der Waals surface area contributed by atoms with Gasteiger partial charge in [-0.1, -0.05) is 218 Å². The second-order valence-electron chi connectivity index (χ2n) is 17.4. The Kier molecular flexibility index (Phi) is 46.8. The summed E-state index contributed by atoms with van der Waals surface area (Å²) in [6.45, 7) is 6.60. The minimum atomic E-state index is -0.771. The van der Waals surface area contributed by atoms with Crippen molar-refractivity contribution in [1.29, 1.82) is 0 Å². The van der Waals surface area contributed by atoms with E-state index >= 15 is 0 Å². The lowest BCUT2D eigenvalue weighted by atomic mass is 10.1. The Balaban J connectivity index is 4.27. The largest absolute Gasteiger partial charge is 0.462 e. The smallest absolute Gasteiger partial charge is 0.306 e. The van der Waals surface area contributed by atoms with Crippen molar-refractivity contribution < 1.29 is 28.6 Å². The summed E-state index contributed by atoms with van der Waals surface area (Å²) in [4.78, 5) is 37.9. The van der Waals surface area contributed by atoms with Gasteiger partial charge < -0.3 is 14.2 Å². The summed E-state index contributed by atoms with van der Waals surface area (Å²) in [5, 5.41) is 0. The molecule has 6 nitrogen and oxygen atoms in total. The number of allylic oxidation sites excluding steroid dienone is 4. The highest BCUT2D eigenvalue weighted by Gasteiger charge is 2.19. The van der Waals surface area contributed by atoms with Gasteiger partial charge >= 0.3 is 17.9 Å². The van der Waals surface area contributed by atoms with E-state index in [1.165, 1.54) is 167 Å². The molecule has 346 valence electrons. The van der Waals surface area contributed by atoms with E-state index in [1.54, 1.807) is 0 Å². The second kappa shape index (κ2) is 48.6. The molecule has 1 atom stereocenters. The van der Waals surface area contributed by atoms with E-state index in [1.807, 2.05) is 0 Å². The van der Waals surface area contributed by atoms with E-state index in [0.29, 0.717) is 19.3 Å². The Morgan fingerprint density at radius 1 is 0.322 bits per heavy atom. The molecule has 0 saturated carbocycles. The monoisotopic (exact) mass is 831 g/mol. The Hall–Kier alpha value is -2.11. The zero-order chi connectivity index (χ0) is 43.0. The lowest BCUT2D eigenvalue weighted by Gasteiger charge is -2.18. The third kappa shape index (κ3) is 46.8. The van der Waals surface area contributed by atoms with E-state index in [-0.39, 0.29) is 31.1 Å². The summed E-state index contributed by atoms with van der Waals surface area (Å²) in [7, 11) is 0. The van der Waals surface area contributed by atoms with Crippen molar-refractivity contribution in [2.24, 2.45) is 0 Å². The molecular formula is C53H98O6. The maximum absolute atomic E-state index is 12.7. The first-order chi connectivity index (χ1) is 29.0. The number of unbranched alkanes of at least 4 members (excludes halogenated alkanes) is 32. The Labute approximate surface area is 366 Å². The molecule has 0 aromatic carbocycles. The van der Waals surface area contributed by atoms with Gasteiger partial charge in [-0.2, -0.15) is 0 Å². The molecule has 0 aliphatic rings. The van der Waals surface area contributed by atoms with Crippen LogP contribution in [0.5, 0.6) is 0 Å². The van der Waals surface area contributed by atoms with Crippen LogP contribution in [0.4, 0.5) is 0 Å². The third-order valence-electron chi connectivity index (χ3n) is 11.4. The van der Waals surface area contributed by atoms with E-state index in [4.69, 9.17) is 14.2 Å². The second-order valence-corrected chi connectivity index (χ2v) is 17.4. The van der Waals surface area contributed by atoms with Crippen LogP contribution in [0.25, 0.3) is 0 Å². The predicted octanol–water partition coefficient (Wildman–Crippen LogP) is 16.8. The van der Waals surface area contributed by atoms with Gasteiger partial charge in [-0.3, -0.25) is 14.4 Å². The van der Waals surface area contributed by atoms with E-state index < -0.39 is 6.10 Å². The molecule has 0 rings (SSSR count). The number of hydrogen-bond acceptors (Lipinski definition) is 6. The molecule has 0 amide bonds. The van der Waals surface area contributed by atoms with Crippen LogP contribution in [0.1, 0.15) is 278 Å². The predicted molar refractivity (Wildman–Crippen MR) is 252 cm³/mol. The number of esters is 3. The summed E-state index contributed by atoms with van der Waals surface area (Å²) in [5.41, 5.74) is 0. The SMILES string of the molecule is CCCC/C=C\CCCCCCCC(=O)OC(COC(=O)CCCCCCCCC/C=C\CCCCCCCCCC)COC(=O)CCCCCCCCCCCCC. The quantitative estimate of drug-likeness (QED) is 0.0263. The highest BCUT2D eigenvalue weighted by Crippen LogP contribution is 2.15. The fourth-order valence-electron chi connectivity index (χ4n) is 7.48. The third-order valence-corrected chi connectivity index (χ3v) is 11.4. The standard InChI is InChI=1S/C53H98O6/c1-4-7-10-13-16-19-22-23-24-25-26-27-28-29-32-34-37-40-43-46-52(55)58-49-50(59-53(56)47-44-41-38-35-31-21-18-15-12-9-6-3)48-57-51(54)45-42-39-36-33-30-20-17-14-11-8-5-2/h15,18,25-26,50H,4-14,16-17,19-24,27-49H2,1-3H3/b18-15-,26-25-. The number of carbonyl (C=O) groups is 3. The van der Waals surface area contributed by atoms with Gasteiger partial charge in [0.15, 0.2) is 6.10 Å². The van der Waals surface area contributed by atoms with Crippen molar-refractivity contribution in [3.63, 3.8) is 0 Å². The van der Waals surface area contributed by atoms with Gasteiger partial charge in [-0.25, -0.2) is 0 Å². The van der Waals surface area contributed by atoms with Gasteiger partial charge in [0.1, 0.15) is 13.2 Å². The molecule has 0 aromatic heterocycles. The number of hydrogen-bond donors (Lipinski definition) is 0. The number of carbonyl (C=O) groups excluding carboxylic acids is 3. The van der Waals surface area contributed by atoms with E-state index in [9.17, 15) is 14.4 Å². The molecule has 6 heteroatoms. The van der Waals surface area contributed by atoms with Crippen LogP contribution in [0.15, 0.2) is 24.3 Å². The Morgan fingerprint density at radius 2 is 0.576 bits per heavy atom. The average Bonchev–Trinajstić information content (AvgIpc) is 3.23. The topological polar surface area (TPSA) is 78.9 Å². The van der Waals surface area contributed by atoms with Crippen molar-refractivity contribution in [2.75, 3.05) is 13.2 Å². The minimum Gasteiger partial charge on any atom is -0.462 e. The maximum atomic E-state index is 12.7. The van der Waals surface area contributed by atoms with Crippen LogP contribution in [0, 0.1) is 0 Å². The lowest BCUT2D eigenvalue weighted by Crippen LogP contribution is -2.30. The molecule has 0 aromatic rings. The summed E-state index contributed by atoms with van der Waals surface area (Å²) in [5.74, 6) is -0.877. The maximum Gasteiger partial charge on any atom is 0.306 e. The van der Waals surface area contributed by atoms with Crippen LogP contribution in [0.2, 0.25) is 0 Å². The summed E-state index contributed by atoms with van der Waals surface area (Å²) >= 11 is 0. The average molecular weight is 831 g/mol. The number of rotatable bonds is 47. The first-order valence-corrected chi connectivity index (χ1v) is 25.8. The first kappa shape index (κ1) is 56.9. The lowest BCUT2D eigenvalue weighted by molar-refractivity contribution is -0.167. The molecule has 0 radical (unpaired) electrons. The van der Waals surface area contributed by atoms with E-state index in [0.717, 1.165) is 70.6 Å². The van der Waals surface area contributed by atoms with Gasteiger partial charge in [0.05, 0.1) is 0 Å². The minimum absolute atomic E-state index is 0.0727. The molecule has 59 heavy (non-hydrogen) atoms. The molecule has 0 bridgehead atoms. The molecule has 0 saturated heterocycles. The van der Waals surface area contributed by atoms with Gasteiger partial charge in [0.2, 0.25) is 0 Å². The van der Waals surface area contributed by atoms with E-state index in [2.05, 4.69) is 45.1 Å². The highest BCUT2D eigenvalue weighted by atomic mass is 16.6. The highest BCUT2D eigenvalue weighted by molar-refractivity contribution is 5.71.